The molecule has 37 heavy (non-hydrogen) atoms. The monoisotopic (exact) mass is 559 g/mol. The summed E-state index contributed by atoms with van der Waals surface area (Å²) in [5.74, 6) is -0.219. The predicted octanol–water partition coefficient (Wildman–Crippen LogP) is 6.16. The summed E-state index contributed by atoms with van der Waals surface area (Å²) < 4.78 is 8.49. The van der Waals surface area contributed by atoms with E-state index in [0.29, 0.717) is 38.3 Å². The van der Waals surface area contributed by atoms with Gasteiger partial charge < -0.3 is 19.7 Å². The molecule has 2 aromatic carbocycles. The Morgan fingerprint density at radius 1 is 1.16 bits per heavy atom. The van der Waals surface area contributed by atoms with Gasteiger partial charge in [-0.1, -0.05) is 19.3 Å². The lowest BCUT2D eigenvalue weighted by Crippen LogP contribution is -2.22. The third-order valence-electron chi connectivity index (χ3n) is 6.40. The first kappa shape index (κ1) is 24.5. The number of halogens is 1. The van der Waals surface area contributed by atoms with Gasteiger partial charge in [-0.2, -0.15) is 10.2 Å². The van der Waals surface area contributed by atoms with Crippen molar-refractivity contribution in [2.75, 3.05) is 5.32 Å². The van der Waals surface area contributed by atoms with Crippen LogP contribution in [0.1, 0.15) is 54.1 Å². The van der Waals surface area contributed by atoms with Crippen molar-refractivity contribution in [1.82, 2.24) is 14.5 Å². The summed E-state index contributed by atoms with van der Waals surface area (Å²) in [6.07, 6.45) is 8.10. The molecule has 186 valence electrons. The summed E-state index contributed by atoms with van der Waals surface area (Å²) in [7, 11) is 0. The van der Waals surface area contributed by atoms with E-state index < -0.39 is 11.4 Å². The van der Waals surface area contributed by atoms with Crippen LogP contribution in [0.2, 0.25) is 0 Å². The number of carboxylic acids is 1. The minimum atomic E-state index is -1.24. The number of rotatable bonds is 6. The Morgan fingerprint density at radius 3 is 2.62 bits per heavy atom. The number of aromatic nitrogens is 3. The largest absolute Gasteiger partial charge is 0.477 e. The molecule has 1 aliphatic rings. The number of aromatic carboxylic acids is 1. The van der Waals surface area contributed by atoms with Gasteiger partial charge in [-0.3, -0.25) is 4.79 Å². The zero-order valence-electron chi connectivity index (χ0n) is 19.6. The molecule has 2 heterocycles. The van der Waals surface area contributed by atoms with Gasteiger partial charge in [0.2, 0.25) is 17.3 Å². The highest BCUT2D eigenvalue weighted by atomic mass is 79.9. The van der Waals surface area contributed by atoms with E-state index in [1.54, 1.807) is 48.7 Å². The average Bonchev–Trinajstić information content (AvgIpc) is 2.91. The minimum Gasteiger partial charge on any atom is -0.477 e. The fraction of sp³-hybridized carbons (Fsp3) is 0.222. The highest BCUT2D eigenvalue weighted by Gasteiger charge is 2.22. The molecule has 0 unspecified atom stereocenters. The first-order valence-corrected chi connectivity index (χ1v) is 12.6. The number of pyridine rings is 1. The summed E-state index contributed by atoms with van der Waals surface area (Å²) in [6, 6.07) is 14.0. The number of hydrogen-bond acceptors (Lipinski definition) is 7. The molecule has 1 saturated carbocycles. The third kappa shape index (κ3) is 5.17. The van der Waals surface area contributed by atoms with Crippen LogP contribution in [-0.4, -0.2) is 25.6 Å². The molecule has 2 N–H and O–H groups in total. The molecule has 0 amide bonds. The number of nitrogens with one attached hydrogen (secondary N) is 1. The number of nitriles is 1. The summed E-state index contributed by atoms with van der Waals surface area (Å²) in [5.41, 5.74) is 1.11. The first-order valence-electron chi connectivity index (χ1n) is 11.8. The molecule has 1 aliphatic carbocycles. The fourth-order valence-electron chi connectivity index (χ4n) is 4.57. The second-order valence-electron chi connectivity index (χ2n) is 8.81. The van der Waals surface area contributed by atoms with Crippen LogP contribution in [0.25, 0.3) is 10.9 Å². The Morgan fingerprint density at radius 2 is 1.92 bits per heavy atom. The maximum absolute atomic E-state index is 13.0. The molecule has 10 heteroatoms. The van der Waals surface area contributed by atoms with E-state index >= 15 is 0 Å². The van der Waals surface area contributed by atoms with Gasteiger partial charge in [-0.15, -0.1) is 0 Å². The number of carboxylic acid groups (broad SMARTS) is 1. The Balaban J connectivity index is 1.51. The van der Waals surface area contributed by atoms with Gasteiger partial charge in [0.1, 0.15) is 11.3 Å². The Labute approximate surface area is 220 Å². The van der Waals surface area contributed by atoms with Crippen molar-refractivity contribution in [1.29, 1.82) is 5.26 Å². The van der Waals surface area contributed by atoms with E-state index in [1.807, 2.05) is 4.57 Å². The smallest absolute Gasteiger partial charge is 0.341 e. The Bertz CT molecular complexity index is 1590. The van der Waals surface area contributed by atoms with Crippen molar-refractivity contribution in [3.8, 4) is 17.7 Å². The van der Waals surface area contributed by atoms with Crippen molar-refractivity contribution in [3.05, 3.63) is 80.7 Å². The maximum atomic E-state index is 13.0. The summed E-state index contributed by atoms with van der Waals surface area (Å²) in [5, 5.41) is 22.0. The molecular weight excluding hydrogens is 538 g/mol. The van der Waals surface area contributed by atoms with E-state index in [1.165, 1.54) is 6.20 Å². The van der Waals surface area contributed by atoms with Gasteiger partial charge in [-0.25, -0.2) is 9.78 Å². The van der Waals surface area contributed by atoms with Crippen molar-refractivity contribution in [2.24, 2.45) is 0 Å². The fourth-order valence-corrected chi connectivity index (χ4v) is 5.00. The molecule has 0 spiro atoms. The standard InChI is InChI=1S/C27H22BrN5O4/c28-21-12-19-22(33(18-4-2-1-3-5-18)15-20(25(19)34)26(35)36)13-23(21)37-24-10-11-30-27(32-24)31-17-8-6-16(14-29)7-9-17/h6-13,15,18H,1-5H2,(H,35,36)(H,30,31,32). The van der Waals surface area contributed by atoms with Gasteiger partial charge in [0.05, 0.1) is 21.6 Å². The van der Waals surface area contributed by atoms with Gasteiger partial charge in [0.25, 0.3) is 0 Å². The zero-order valence-corrected chi connectivity index (χ0v) is 21.2. The summed E-state index contributed by atoms with van der Waals surface area (Å²) in [4.78, 5) is 33.4. The van der Waals surface area contributed by atoms with E-state index in [-0.39, 0.29) is 17.5 Å². The lowest BCUT2D eigenvalue weighted by atomic mass is 9.94. The number of ether oxygens (including phenoxy) is 1. The zero-order chi connectivity index (χ0) is 25.9. The number of nitrogens with zero attached hydrogens (tertiary/aromatic N) is 4. The molecule has 5 rings (SSSR count). The lowest BCUT2D eigenvalue weighted by Gasteiger charge is -2.27. The highest BCUT2D eigenvalue weighted by Crippen LogP contribution is 2.36. The lowest BCUT2D eigenvalue weighted by molar-refractivity contribution is 0.0694. The average molecular weight is 560 g/mol. The molecular formula is C27H22BrN5O4. The van der Waals surface area contributed by atoms with E-state index in [2.05, 4.69) is 37.3 Å². The molecule has 9 nitrogen and oxygen atoms in total. The van der Waals surface area contributed by atoms with E-state index in [4.69, 9.17) is 10.00 Å². The number of benzene rings is 2. The van der Waals surface area contributed by atoms with Gasteiger partial charge in [0, 0.05) is 41.6 Å². The SMILES string of the molecule is N#Cc1ccc(Nc2nccc(Oc3cc4c(cc3Br)c(=O)c(C(=O)O)cn4C3CCCCC3)n2)cc1. The van der Waals surface area contributed by atoms with Gasteiger partial charge in [-0.05, 0) is 59.1 Å². The van der Waals surface area contributed by atoms with Crippen molar-refractivity contribution >= 4 is 44.4 Å². The normalized spacial score (nSPS) is 13.7. The molecule has 0 atom stereocenters. The topological polar surface area (TPSA) is 130 Å². The second-order valence-corrected chi connectivity index (χ2v) is 9.66. The number of fused-ring (bicyclic) bond motifs is 1. The van der Waals surface area contributed by atoms with Crippen molar-refractivity contribution in [2.45, 2.75) is 38.1 Å². The Hall–Kier alpha value is -4.23. The molecule has 0 aliphatic heterocycles. The van der Waals surface area contributed by atoms with Gasteiger partial charge in [0.15, 0.2) is 0 Å². The molecule has 4 aromatic rings. The van der Waals surface area contributed by atoms with Crippen LogP contribution in [0.3, 0.4) is 0 Å². The van der Waals surface area contributed by atoms with Crippen LogP contribution in [-0.2, 0) is 0 Å². The second kappa shape index (κ2) is 10.4. The van der Waals surface area contributed by atoms with Crippen LogP contribution >= 0.6 is 15.9 Å². The Kier molecular flexibility index (Phi) is 6.88. The predicted molar refractivity (Wildman–Crippen MR) is 142 cm³/mol. The molecule has 0 radical (unpaired) electrons. The van der Waals surface area contributed by atoms with Crippen LogP contribution in [0.4, 0.5) is 11.6 Å². The number of hydrogen-bond donors (Lipinski definition) is 2. The third-order valence-corrected chi connectivity index (χ3v) is 7.02. The molecule has 2 aromatic heterocycles. The van der Waals surface area contributed by atoms with E-state index in [9.17, 15) is 14.7 Å². The van der Waals surface area contributed by atoms with Crippen molar-refractivity contribution in [3.63, 3.8) is 0 Å². The van der Waals surface area contributed by atoms with Crippen LogP contribution in [0.5, 0.6) is 11.6 Å². The molecule has 0 bridgehead atoms. The highest BCUT2D eigenvalue weighted by molar-refractivity contribution is 9.10. The minimum absolute atomic E-state index is 0.103. The number of anilines is 2. The quantitative estimate of drug-likeness (QED) is 0.287. The van der Waals surface area contributed by atoms with Crippen LogP contribution in [0.15, 0.2) is 64.1 Å². The molecule has 1 fully saturated rings. The molecule has 0 saturated heterocycles. The number of carbonyl (C=O) groups is 1. The maximum Gasteiger partial charge on any atom is 0.341 e. The summed E-state index contributed by atoms with van der Waals surface area (Å²) in [6.45, 7) is 0. The summed E-state index contributed by atoms with van der Waals surface area (Å²) >= 11 is 3.47. The van der Waals surface area contributed by atoms with Crippen molar-refractivity contribution < 1.29 is 14.6 Å². The van der Waals surface area contributed by atoms with Gasteiger partial charge >= 0.3 is 5.97 Å². The van der Waals surface area contributed by atoms with Crippen LogP contribution < -0.4 is 15.5 Å². The van der Waals surface area contributed by atoms with E-state index in [0.717, 1.165) is 32.1 Å². The first-order chi connectivity index (χ1) is 17.9. The van der Waals surface area contributed by atoms with Crippen LogP contribution in [0, 0.1) is 11.3 Å².